The van der Waals surface area contributed by atoms with E-state index in [2.05, 4.69) is 10.9 Å². The lowest BCUT2D eigenvalue weighted by Gasteiger charge is -2.10. The Kier molecular flexibility index (Phi) is 7.27. The van der Waals surface area contributed by atoms with Gasteiger partial charge in [0.15, 0.2) is 11.5 Å². The van der Waals surface area contributed by atoms with Crippen molar-refractivity contribution in [3.8, 4) is 23.0 Å². The molecule has 0 aliphatic carbocycles. The van der Waals surface area contributed by atoms with Gasteiger partial charge in [-0.2, -0.15) is 0 Å². The van der Waals surface area contributed by atoms with Crippen LogP contribution in [0.5, 0.6) is 23.0 Å². The number of hydrogen-bond donors (Lipinski definition) is 2. The third-order valence-corrected chi connectivity index (χ3v) is 3.76. The highest BCUT2D eigenvalue weighted by Gasteiger charge is 2.11. The highest BCUT2D eigenvalue weighted by Crippen LogP contribution is 2.31. The Morgan fingerprint density at radius 2 is 1.54 bits per heavy atom. The van der Waals surface area contributed by atoms with Crippen LogP contribution < -0.4 is 29.8 Å². The first-order chi connectivity index (χ1) is 13.5. The topological polar surface area (TPSA) is 95.1 Å². The van der Waals surface area contributed by atoms with E-state index < -0.39 is 11.8 Å². The molecule has 2 aromatic rings. The second-order valence-corrected chi connectivity index (χ2v) is 5.46. The van der Waals surface area contributed by atoms with Gasteiger partial charge in [-0.05, 0) is 24.3 Å². The number of benzene rings is 2. The van der Waals surface area contributed by atoms with E-state index in [1.807, 2.05) is 0 Å². The Morgan fingerprint density at radius 3 is 2.11 bits per heavy atom. The highest BCUT2D eigenvalue weighted by molar-refractivity contribution is 5.98. The zero-order valence-electron chi connectivity index (χ0n) is 16.1. The highest BCUT2D eigenvalue weighted by atomic mass is 16.5. The molecule has 0 radical (unpaired) electrons. The molecule has 148 valence electrons. The summed E-state index contributed by atoms with van der Waals surface area (Å²) in [4.78, 5) is 24.3. The zero-order chi connectivity index (χ0) is 20.5. The second-order valence-electron chi connectivity index (χ2n) is 5.46. The SMILES string of the molecule is COc1cc(OC)cc(C(=O)NNC(=O)C=Cc2cccc(OC)c2OC)c1. The Morgan fingerprint density at radius 1 is 0.857 bits per heavy atom. The number of carbonyl (C=O) groups excluding carboxylic acids is 2. The van der Waals surface area contributed by atoms with Gasteiger partial charge in [-0.25, -0.2) is 0 Å². The van der Waals surface area contributed by atoms with Crippen molar-refractivity contribution < 1.29 is 28.5 Å². The van der Waals surface area contributed by atoms with Crippen molar-refractivity contribution in [1.29, 1.82) is 0 Å². The number of methoxy groups -OCH3 is 4. The third-order valence-electron chi connectivity index (χ3n) is 3.76. The lowest BCUT2D eigenvalue weighted by molar-refractivity contribution is -0.117. The van der Waals surface area contributed by atoms with Crippen LogP contribution in [0.4, 0.5) is 0 Å². The van der Waals surface area contributed by atoms with Crippen LogP contribution in [-0.2, 0) is 4.79 Å². The molecule has 0 bridgehead atoms. The molecule has 2 N–H and O–H groups in total. The number of carbonyl (C=O) groups is 2. The Bertz CT molecular complexity index is 857. The predicted octanol–water partition coefficient (Wildman–Crippen LogP) is 2.20. The van der Waals surface area contributed by atoms with Crippen molar-refractivity contribution in [2.24, 2.45) is 0 Å². The fraction of sp³-hybridized carbons (Fsp3) is 0.200. The van der Waals surface area contributed by atoms with Gasteiger partial charge in [0.25, 0.3) is 11.8 Å². The van der Waals surface area contributed by atoms with Crippen molar-refractivity contribution in [2.75, 3.05) is 28.4 Å². The van der Waals surface area contributed by atoms with E-state index in [9.17, 15) is 9.59 Å². The first kappa shape index (κ1) is 20.6. The van der Waals surface area contributed by atoms with Gasteiger partial charge < -0.3 is 18.9 Å². The quantitative estimate of drug-likeness (QED) is 0.560. The average molecular weight is 386 g/mol. The van der Waals surface area contributed by atoms with Crippen molar-refractivity contribution in [2.45, 2.75) is 0 Å². The van der Waals surface area contributed by atoms with Gasteiger partial charge in [0.05, 0.1) is 28.4 Å². The van der Waals surface area contributed by atoms with Gasteiger partial charge in [0.1, 0.15) is 11.5 Å². The number of hydrazine groups is 1. The van der Waals surface area contributed by atoms with E-state index in [0.29, 0.717) is 28.6 Å². The van der Waals surface area contributed by atoms with Crippen LogP contribution in [0.3, 0.4) is 0 Å². The van der Waals surface area contributed by atoms with Gasteiger partial charge in [0.2, 0.25) is 0 Å². The van der Waals surface area contributed by atoms with Gasteiger partial charge in [-0.15, -0.1) is 0 Å². The van der Waals surface area contributed by atoms with E-state index >= 15 is 0 Å². The minimum Gasteiger partial charge on any atom is -0.497 e. The van der Waals surface area contributed by atoms with Crippen LogP contribution in [0.1, 0.15) is 15.9 Å². The maximum Gasteiger partial charge on any atom is 0.269 e. The summed E-state index contributed by atoms with van der Waals surface area (Å²) in [6, 6.07) is 9.99. The smallest absolute Gasteiger partial charge is 0.269 e. The first-order valence-electron chi connectivity index (χ1n) is 8.24. The molecule has 28 heavy (non-hydrogen) atoms. The molecule has 0 heterocycles. The van der Waals surface area contributed by atoms with Crippen LogP contribution in [0.25, 0.3) is 6.08 Å². The summed E-state index contributed by atoms with van der Waals surface area (Å²) >= 11 is 0. The number of amides is 2. The van der Waals surface area contributed by atoms with E-state index in [4.69, 9.17) is 18.9 Å². The van der Waals surface area contributed by atoms with E-state index in [-0.39, 0.29) is 5.56 Å². The van der Waals surface area contributed by atoms with Crippen molar-refractivity contribution >= 4 is 17.9 Å². The predicted molar refractivity (Wildman–Crippen MR) is 104 cm³/mol. The van der Waals surface area contributed by atoms with Crippen LogP contribution in [-0.4, -0.2) is 40.3 Å². The summed E-state index contributed by atoms with van der Waals surface area (Å²) in [7, 11) is 6.00. The molecule has 2 amide bonds. The molecule has 0 saturated heterocycles. The minimum atomic E-state index is -0.520. The lowest BCUT2D eigenvalue weighted by Crippen LogP contribution is -2.40. The van der Waals surface area contributed by atoms with E-state index in [1.165, 1.54) is 46.6 Å². The Labute approximate surface area is 163 Å². The molecule has 8 heteroatoms. The summed E-state index contributed by atoms with van der Waals surface area (Å²) in [6.07, 6.45) is 2.82. The summed E-state index contributed by atoms with van der Waals surface area (Å²) in [5.41, 5.74) is 5.57. The maximum absolute atomic E-state index is 12.2. The molecule has 2 aromatic carbocycles. The van der Waals surface area contributed by atoms with Crippen LogP contribution >= 0.6 is 0 Å². The van der Waals surface area contributed by atoms with Gasteiger partial charge >= 0.3 is 0 Å². The summed E-state index contributed by atoms with van der Waals surface area (Å²) < 4.78 is 20.8. The standard InChI is InChI=1S/C20H22N2O6/c1-25-15-10-14(11-16(12-15)26-2)20(24)22-21-18(23)9-8-13-6-5-7-17(27-3)19(13)28-4/h5-12H,1-4H3,(H,21,23)(H,22,24). The normalized spacial score (nSPS) is 10.3. The molecular weight excluding hydrogens is 364 g/mol. The molecule has 0 saturated carbocycles. The molecule has 0 unspecified atom stereocenters. The van der Waals surface area contributed by atoms with Crippen molar-refractivity contribution in [3.05, 3.63) is 53.6 Å². The van der Waals surface area contributed by atoms with Crippen LogP contribution in [0.15, 0.2) is 42.5 Å². The first-order valence-corrected chi connectivity index (χ1v) is 8.24. The molecule has 0 spiro atoms. The fourth-order valence-electron chi connectivity index (χ4n) is 2.38. The van der Waals surface area contributed by atoms with Crippen LogP contribution in [0, 0.1) is 0 Å². The van der Waals surface area contributed by atoms with Gasteiger partial charge in [-0.1, -0.05) is 12.1 Å². The number of nitrogens with one attached hydrogen (secondary N) is 2. The van der Waals surface area contributed by atoms with Gasteiger partial charge in [-0.3, -0.25) is 20.4 Å². The molecule has 0 aliphatic rings. The number of rotatable bonds is 7. The van der Waals surface area contributed by atoms with E-state index in [0.717, 1.165) is 0 Å². The number of para-hydroxylation sites is 1. The largest absolute Gasteiger partial charge is 0.497 e. The number of hydrogen-bond acceptors (Lipinski definition) is 6. The molecule has 0 atom stereocenters. The Balaban J connectivity index is 2.03. The molecule has 0 aromatic heterocycles. The molecule has 0 fully saturated rings. The summed E-state index contributed by atoms with van der Waals surface area (Å²) in [5, 5.41) is 0. The van der Waals surface area contributed by atoms with Gasteiger partial charge in [0, 0.05) is 23.3 Å². The molecular formula is C20H22N2O6. The Hall–Kier alpha value is -3.68. The minimum absolute atomic E-state index is 0.273. The summed E-state index contributed by atoms with van der Waals surface area (Å²) in [5.74, 6) is 0.930. The zero-order valence-corrected chi connectivity index (χ0v) is 16.1. The third kappa shape index (κ3) is 5.16. The maximum atomic E-state index is 12.2. The average Bonchev–Trinajstić information content (AvgIpc) is 2.74. The molecule has 2 rings (SSSR count). The summed E-state index contributed by atoms with van der Waals surface area (Å²) in [6.45, 7) is 0. The van der Waals surface area contributed by atoms with Crippen LogP contribution in [0.2, 0.25) is 0 Å². The lowest BCUT2D eigenvalue weighted by atomic mass is 10.1. The second kappa shape index (κ2) is 9.86. The van der Waals surface area contributed by atoms with Crippen molar-refractivity contribution in [1.82, 2.24) is 10.9 Å². The number of ether oxygens (including phenoxy) is 4. The van der Waals surface area contributed by atoms with E-state index in [1.54, 1.807) is 30.3 Å². The van der Waals surface area contributed by atoms with Crippen molar-refractivity contribution in [3.63, 3.8) is 0 Å². The molecule has 8 nitrogen and oxygen atoms in total. The monoisotopic (exact) mass is 386 g/mol. The molecule has 0 aliphatic heterocycles. The fourth-order valence-corrected chi connectivity index (χ4v) is 2.38.